The van der Waals surface area contributed by atoms with Gasteiger partial charge in [-0.05, 0) is 23.3 Å². The number of nitrogens with zero attached hydrogens (tertiary/aromatic N) is 1. The van der Waals surface area contributed by atoms with Gasteiger partial charge < -0.3 is 14.9 Å². The van der Waals surface area contributed by atoms with Gasteiger partial charge in [0.2, 0.25) is 5.60 Å². The summed E-state index contributed by atoms with van der Waals surface area (Å²) in [6, 6.07) is 16.6. The number of carboxylic acids is 1. The van der Waals surface area contributed by atoms with E-state index in [2.05, 4.69) is 4.98 Å². The van der Waals surface area contributed by atoms with Crippen molar-refractivity contribution in [2.24, 2.45) is 5.92 Å². The lowest BCUT2D eigenvalue weighted by Gasteiger charge is -2.38. The van der Waals surface area contributed by atoms with Crippen LogP contribution in [-0.2, 0) is 20.8 Å². The van der Waals surface area contributed by atoms with E-state index < -0.39 is 34.8 Å². The molecule has 2 heterocycles. The smallest absolute Gasteiger partial charge is 0.314 e. The molecular formula is C23H15Cl2NO5. The number of hydrogen-bond donors (Lipinski definition) is 2. The molecule has 31 heavy (non-hydrogen) atoms. The molecule has 0 amide bonds. The fourth-order valence-corrected chi connectivity index (χ4v) is 5.15. The Labute approximate surface area is 187 Å². The van der Waals surface area contributed by atoms with Crippen molar-refractivity contribution >= 4 is 35.0 Å². The third-order valence-electron chi connectivity index (χ3n) is 6.08. The fourth-order valence-electron chi connectivity index (χ4n) is 4.88. The van der Waals surface area contributed by atoms with Gasteiger partial charge in [0.15, 0.2) is 11.4 Å². The minimum atomic E-state index is -2.34. The van der Waals surface area contributed by atoms with Crippen molar-refractivity contribution in [3.8, 4) is 5.75 Å². The SMILES string of the molecule is O=C(O)[C@H]1C(=O)[C@@]2(O)c3ncc(Cl)cc3O[C@@]2(c2ccc(Cl)cc2)[C@@H]1c1ccccc1. The Morgan fingerprint density at radius 1 is 1.03 bits per heavy atom. The number of ketones is 1. The number of fused-ring (bicyclic) bond motifs is 3. The Balaban J connectivity index is 1.88. The first-order chi connectivity index (χ1) is 14.8. The van der Waals surface area contributed by atoms with Gasteiger partial charge in [-0.25, -0.2) is 0 Å². The number of carboxylic acid groups (broad SMARTS) is 1. The van der Waals surface area contributed by atoms with Gasteiger partial charge in [0, 0.05) is 17.3 Å². The molecule has 8 heteroatoms. The average molecular weight is 456 g/mol. The van der Waals surface area contributed by atoms with Crippen molar-refractivity contribution in [1.82, 2.24) is 4.98 Å². The molecule has 2 aromatic carbocycles. The molecule has 1 fully saturated rings. The van der Waals surface area contributed by atoms with Crippen LogP contribution in [0.3, 0.4) is 0 Å². The number of ether oxygens (including phenoxy) is 1. The molecule has 3 aromatic rings. The predicted octanol–water partition coefficient (Wildman–Crippen LogP) is 3.93. The van der Waals surface area contributed by atoms with Gasteiger partial charge in [-0.1, -0.05) is 65.7 Å². The zero-order valence-electron chi connectivity index (χ0n) is 15.8. The summed E-state index contributed by atoms with van der Waals surface area (Å²) < 4.78 is 6.32. The second-order valence-electron chi connectivity index (χ2n) is 7.62. The molecule has 1 saturated carbocycles. The standard InChI is InChI=1S/C23H15Cl2NO5/c24-14-8-6-13(7-9-14)23-18(12-4-2-1-3-5-12)17(21(28)29)20(27)22(23,30)19-16(31-23)10-15(25)11-26-19/h1-11,17-18,30H,(H,28,29)/t17-,18-,22+,23+/m1/s1. The van der Waals surface area contributed by atoms with E-state index in [1.807, 2.05) is 0 Å². The van der Waals surface area contributed by atoms with Crippen LogP contribution in [-0.4, -0.2) is 26.9 Å². The zero-order valence-corrected chi connectivity index (χ0v) is 17.3. The lowest BCUT2D eigenvalue weighted by Crippen LogP contribution is -2.51. The van der Waals surface area contributed by atoms with Gasteiger partial charge in [0.25, 0.3) is 0 Å². The monoisotopic (exact) mass is 455 g/mol. The Kier molecular flexibility index (Phi) is 4.38. The Morgan fingerprint density at radius 3 is 2.35 bits per heavy atom. The van der Waals surface area contributed by atoms with Crippen LogP contribution >= 0.6 is 23.2 Å². The number of aromatic nitrogens is 1. The molecule has 0 spiro atoms. The number of pyridine rings is 1. The first-order valence-electron chi connectivity index (χ1n) is 9.46. The lowest BCUT2D eigenvalue weighted by molar-refractivity contribution is -0.154. The number of rotatable bonds is 3. The number of aliphatic hydroxyl groups is 1. The number of aliphatic carboxylic acids is 1. The second-order valence-corrected chi connectivity index (χ2v) is 8.50. The molecule has 1 aliphatic heterocycles. The number of benzene rings is 2. The topological polar surface area (TPSA) is 96.7 Å². The molecule has 156 valence electrons. The molecular weight excluding hydrogens is 441 g/mol. The van der Waals surface area contributed by atoms with Gasteiger partial charge in [0.1, 0.15) is 17.4 Å². The molecule has 0 radical (unpaired) electrons. The van der Waals surface area contributed by atoms with Gasteiger partial charge >= 0.3 is 5.97 Å². The molecule has 2 N–H and O–H groups in total. The molecule has 1 aliphatic carbocycles. The van der Waals surface area contributed by atoms with E-state index in [-0.39, 0.29) is 16.5 Å². The molecule has 2 aliphatic rings. The fraction of sp³-hybridized carbons (Fsp3) is 0.174. The number of hydrogen-bond acceptors (Lipinski definition) is 5. The summed E-state index contributed by atoms with van der Waals surface area (Å²) in [5, 5.41) is 22.7. The first-order valence-corrected chi connectivity index (χ1v) is 10.2. The minimum Gasteiger partial charge on any atom is -0.481 e. The summed E-state index contributed by atoms with van der Waals surface area (Å²) in [4.78, 5) is 30.1. The Hall–Kier alpha value is -2.93. The van der Waals surface area contributed by atoms with Crippen LogP contribution in [0.5, 0.6) is 5.75 Å². The molecule has 6 nitrogen and oxygen atoms in total. The zero-order chi connectivity index (χ0) is 22.0. The van der Waals surface area contributed by atoms with Crippen molar-refractivity contribution < 1.29 is 24.5 Å². The molecule has 0 bridgehead atoms. The van der Waals surface area contributed by atoms with Crippen LogP contribution in [0.2, 0.25) is 10.0 Å². The van der Waals surface area contributed by atoms with E-state index in [1.54, 1.807) is 54.6 Å². The van der Waals surface area contributed by atoms with E-state index >= 15 is 0 Å². The summed E-state index contributed by atoms with van der Waals surface area (Å²) >= 11 is 12.2. The molecule has 5 rings (SSSR count). The average Bonchev–Trinajstić information content (AvgIpc) is 3.12. The number of carbonyl (C=O) groups is 2. The quantitative estimate of drug-likeness (QED) is 0.580. The minimum absolute atomic E-state index is 0.0541. The summed E-state index contributed by atoms with van der Waals surface area (Å²) in [6.45, 7) is 0. The highest BCUT2D eigenvalue weighted by atomic mass is 35.5. The van der Waals surface area contributed by atoms with Crippen molar-refractivity contribution in [2.75, 3.05) is 0 Å². The Morgan fingerprint density at radius 2 is 1.71 bits per heavy atom. The van der Waals surface area contributed by atoms with Gasteiger partial charge in [-0.2, -0.15) is 0 Å². The highest BCUT2D eigenvalue weighted by molar-refractivity contribution is 6.31. The largest absolute Gasteiger partial charge is 0.481 e. The van der Waals surface area contributed by atoms with Gasteiger partial charge in [-0.3, -0.25) is 14.6 Å². The van der Waals surface area contributed by atoms with Crippen molar-refractivity contribution in [3.05, 3.63) is 93.7 Å². The Bertz CT molecular complexity index is 1220. The van der Waals surface area contributed by atoms with E-state index in [9.17, 15) is 19.8 Å². The van der Waals surface area contributed by atoms with Crippen LogP contribution in [0.25, 0.3) is 0 Å². The molecule has 4 atom stereocenters. The van der Waals surface area contributed by atoms with E-state index in [1.165, 1.54) is 12.3 Å². The first kappa shape index (κ1) is 20.0. The van der Waals surface area contributed by atoms with Crippen molar-refractivity contribution in [2.45, 2.75) is 17.1 Å². The van der Waals surface area contributed by atoms with Crippen LogP contribution in [0.4, 0.5) is 0 Å². The van der Waals surface area contributed by atoms with Gasteiger partial charge in [-0.15, -0.1) is 0 Å². The molecule has 0 saturated heterocycles. The van der Waals surface area contributed by atoms with Crippen LogP contribution < -0.4 is 4.74 Å². The highest BCUT2D eigenvalue weighted by Crippen LogP contribution is 2.66. The normalized spacial score (nSPS) is 28.7. The summed E-state index contributed by atoms with van der Waals surface area (Å²) in [5.41, 5.74) is -3.24. The van der Waals surface area contributed by atoms with Crippen LogP contribution in [0.15, 0.2) is 66.9 Å². The summed E-state index contributed by atoms with van der Waals surface area (Å²) in [5.74, 6) is -4.72. The number of halogens is 2. The second kappa shape index (κ2) is 6.79. The molecule has 1 aromatic heterocycles. The number of carbonyl (C=O) groups excluding carboxylic acids is 1. The van der Waals surface area contributed by atoms with Crippen molar-refractivity contribution in [3.63, 3.8) is 0 Å². The summed E-state index contributed by atoms with van der Waals surface area (Å²) in [6.07, 6.45) is 1.29. The summed E-state index contributed by atoms with van der Waals surface area (Å²) in [7, 11) is 0. The third-order valence-corrected chi connectivity index (χ3v) is 6.54. The highest BCUT2D eigenvalue weighted by Gasteiger charge is 2.78. The number of Topliss-reactive ketones (excluding diaryl/α,β-unsaturated/α-hetero) is 1. The third kappa shape index (κ3) is 2.53. The van der Waals surface area contributed by atoms with E-state index in [0.717, 1.165) is 0 Å². The van der Waals surface area contributed by atoms with Crippen molar-refractivity contribution in [1.29, 1.82) is 0 Å². The maximum Gasteiger partial charge on any atom is 0.314 e. The lowest BCUT2D eigenvalue weighted by atomic mass is 9.71. The van der Waals surface area contributed by atoms with E-state index in [4.69, 9.17) is 27.9 Å². The maximum absolute atomic E-state index is 13.6. The van der Waals surface area contributed by atoms with Crippen LogP contribution in [0.1, 0.15) is 22.7 Å². The van der Waals surface area contributed by atoms with Gasteiger partial charge in [0.05, 0.1) is 10.9 Å². The van der Waals surface area contributed by atoms with Crippen LogP contribution in [0, 0.1) is 5.92 Å². The maximum atomic E-state index is 13.6. The molecule has 0 unspecified atom stereocenters. The predicted molar refractivity (Wildman–Crippen MR) is 112 cm³/mol. The van der Waals surface area contributed by atoms with E-state index in [0.29, 0.717) is 16.1 Å².